The molecule has 6 atom stereocenters. The highest BCUT2D eigenvalue weighted by Gasteiger charge is 2.36. The van der Waals surface area contributed by atoms with Gasteiger partial charge in [0.1, 0.15) is 0 Å². The second kappa shape index (κ2) is 5.03. The summed E-state index contributed by atoms with van der Waals surface area (Å²) in [7, 11) is 0. The Kier molecular flexibility index (Phi) is 3.88. The standard InChI is InChI=1S/C13H27N3/c1-8-6-14-10(3)5-12(8)13-9(2)7-15-11(4)16-13/h8-16H,5-7H2,1-4H3. The Morgan fingerprint density at radius 2 is 1.56 bits per heavy atom. The van der Waals surface area contributed by atoms with Crippen LogP contribution in [0.2, 0.25) is 0 Å². The number of piperidine rings is 1. The van der Waals surface area contributed by atoms with Crippen LogP contribution in [0.1, 0.15) is 34.1 Å². The van der Waals surface area contributed by atoms with Crippen molar-refractivity contribution in [2.45, 2.75) is 52.4 Å². The van der Waals surface area contributed by atoms with E-state index in [-0.39, 0.29) is 0 Å². The van der Waals surface area contributed by atoms with Crippen LogP contribution >= 0.6 is 0 Å². The lowest BCUT2D eigenvalue weighted by Gasteiger charge is -2.45. The van der Waals surface area contributed by atoms with Crippen molar-refractivity contribution in [2.24, 2.45) is 17.8 Å². The van der Waals surface area contributed by atoms with Gasteiger partial charge in [-0.05, 0) is 44.6 Å². The highest BCUT2D eigenvalue weighted by molar-refractivity contribution is 4.93. The van der Waals surface area contributed by atoms with Gasteiger partial charge in [0.05, 0.1) is 6.17 Å². The van der Waals surface area contributed by atoms with E-state index in [0.717, 1.165) is 24.3 Å². The van der Waals surface area contributed by atoms with Gasteiger partial charge in [-0.15, -0.1) is 0 Å². The van der Waals surface area contributed by atoms with Crippen molar-refractivity contribution in [1.82, 2.24) is 16.0 Å². The molecule has 0 spiro atoms. The van der Waals surface area contributed by atoms with E-state index in [2.05, 4.69) is 43.6 Å². The first-order valence-corrected chi connectivity index (χ1v) is 6.80. The number of hydrogen-bond acceptors (Lipinski definition) is 3. The summed E-state index contributed by atoms with van der Waals surface area (Å²) in [6.45, 7) is 11.6. The lowest BCUT2D eigenvalue weighted by atomic mass is 9.74. The van der Waals surface area contributed by atoms with Gasteiger partial charge in [-0.3, -0.25) is 5.32 Å². The molecule has 0 aromatic rings. The summed E-state index contributed by atoms with van der Waals surface area (Å²) in [5, 5.41) is 10.8. The first-order valence-electron chi connectivity index (χ1n) is 6.80. The monoisotopic (exact) mass is 225 g/mol. The van der Waals surface area contributed by atoms with E-state index in [1.807, 2.05) is 0 Å². The van der Waals surface area contributed by atoms with Crippen LogP contribution in [-0.4, -0.2) is 31.3 Å². The van der Waals surface area contributed by atoms with Crippen LogP contribution in [0.15, 0.2) is 0 Å². The zero-order valence-corrected chi connectivity index (χ0v) is 11.1. The fourth-order valence-corrected chi connectivity index (χ4v) is 3.31. The van der Waals surface area contributed by atoms with Gasteiger partial charge in [-0.2, -0.15) is 0 Å². The van der Waals surface area contributed by atoms with E-state index >= 15 is 0 Å². The molecular formula is C13H27N3. The molecule has 16 heavy (non-hydrogen) atoms. The predicted molar refractivity (Wildman–Crippen MR) is 68.3 cm³/mol. The molecule has 0 aliphatic carbocycles. The molecule has 3 N–H and O–H groups in total. The molecule has 3 heteroatoms. The van der Waals surface area contributed by atoms with Crippen LogP contribution in [0.25, 0.3) is 0 Å². The second-order valence-corrected chi connectivity index (χ2v) is 5.99. The van der Waals surface area contributed by atoms with Crippen LogP contribution in [0.5, 0.6) is 0 Å². The largest absolute Gasteiger partial charge is 0.314 e. The second-order valence-electron chi connectivity index (χ2n) is 5.99. The molecular weight excluding hydrogens is 198 g/mol. The molecule has 0 aromatic heterocycles. The minimum atomic E-state index is 0.471. The van der Waals surface area contributed by atoms with Crippen LogP contribution in [0, 0.1) is 17.8 Å². The molecule has 3 nitrogen and oxygen atoms in total. The zero-order chi connectivity index (χ0) is 11.7. The van der Waals surface area contributed by atoms with Crippen LogP contribution in [0.4, 0.5) is 0 Å². The molecule has 2 aliphatic rings. The van der Waals surface area contributed by atoms with E-state index in [0.29, 0.717) is 18.2 Å². The van der Waals surface area contributed by atoms with Crippen molar-refractivity contribution in [2.75, 3.05) is 13.1 Å². The molecule has 2 saturated heterocycles. The summed E-state index contributed by atoms with van der Waals surface area (Å²) in [4.78, 5) is 0. The van der Waals surface area contributed by atoms with E-state index in [9.17, 15) is 0 Å². The lowest BCUT2D eigenvalue weighted by molar-refractivity contribution is 0.109. The van der Waals surface area contributed by atoms with Crippen LogP contribution in [-0.2, 0) is 0 Å². The van der Waals surface area contributed by atoms with Crippen molar-refractivity contribution in [3.05, 3.63) is 0 Å². The Morgan fingerprint density at radius 1 is 0.875 bits per heavy atom. The van der Waals surface area contributed by atoms with Crippen molar-refractivity contribution in [1.29, 1.82) is 0 Å². The first-order chi connectivity index (χ1) is 7.58. The van der Waals surface area contributed by atoms with E-state index in [4.69, 9.17) is 0 Å². The third-order valence-electron chi connectivity index (χ3n) is 4.41. The topological polar surface area (TPSA) is 36.1 Å². The van der Waals surface area contributed by atoms with Crippen LogP contribution < -0.4 is 16.0 Å². The molecule has 0 amide bonds. The quantitative estimate of drug-likeness (QED) is 0.627. The summed E-state index contributed by atoms with van der Waals surface area (Å²) >= 11 is 0. The highest BCUT2D eigenvalue weighted by Crippen LogP contribution is 2.30. The molecule has 0 saturated carbocycles. The third kappa shape index (κ3) is 2.58. The fraction of sp³-hybridized carbons (Fsp3) is 1.00. The highest BCUT2D eigenvalue weighted by atomic mass is 15.2. The van der Waals surface area contributed by atoms with Gasteiger partial charge in [0, 0.05) is 18.6 Å². The predicted octanol–water partition coefficient (Wildman–Crippen LogP) is 1.16. The first kappa shape index (κ1) is 12.3. The maximum absolute atomic E-state index is 3.75. The summed E-state index contributed by atoms with van der Waals surface area (Å²) in [6, 6.07) is 1.37. The zero-order valence-electron chi connectivity index (χ0n) is 11.1. The van der Waals surface area contributed by atoms with Crippen LogP contribution in [0.3, 0.4) is 0 Å². The Bertz CT molecular complexity index is 207. The molecule has 2 heterocycles. The normalized spacial score (nSPS) is 50.2. The minimum Gasteiger partial charge on any atom is -0.314 e. The average Bonchev–Trinajstić information content (AvgIpc) is 2.25. The minimum absolute atomic E-state index is 0.471. The molecule has 2 rings (SSSR count). The Hall–Kier alpha value is -0.120. The van der Waals surface area contributed by atoms with E-state index < -0.39 is 0 Å². The molecule has 2 aliphatic heterocycles. The number of nitrogens with one attached hydrogen (secondary N) is 3. The van der Waals surface area contributed by atoms with E-state index in [1.165, 1.54) is 13.0 Å². The van der Waals surface area contributed by atoms with Crippen molar-refractivity contribution < 1.29 is 0 Å². The Balaban J connectivity index is 2.02. The van der Waals surface area contributed by atoms with Gasteiger partial charge in [0.15, 0.2) is 0 Å². The molecule has 0 bridgehead atoms. The van der Waals surface area contributed by atoms with Crippen molar-refractivity contribution >= 4 is 0 Å². The average molecular weight is 225 g/mol. The smallest absolute Gasteiger partial charge is 0.0544 e. The van der Waals surface area contributed by atoms with Gasteiger partial charge in [-0.25, -0.2) is 0 Å². The van der Waals surface area contributed by atoms with Gasteiger partial charge in [0.25, 0.3) is 0 Å². The summed E-state index contributed by atoms with van der Waals surface area (Å²) in [5.41, 5.74) is 0. The molecule has 2 fully saturated rings. The molecule has 94 valence electrons. The number of hydrogen-bond donors (Lipinski definition) is 3. The van der Waals surface area contributed by atoms with Gasteiger partial charge in [0.2, 0.25) is 0 Å². The summed E-state index contributed by atoms with van der Waals surface area (Å²) in [5.74, 6) is 2.37. The summed E-state index contributed by atoms with van der Waals surface area (Å²) in [6.07, 6.45) is 1.79. The van der Waals surface area contributed by atoms with Crippen molar-refractivity contribution in [3.8, 4) is 0 Å². The Labute approximate surface area is 99.8 Å². The van der Waals surface area contributed by atoms with Crippen molar-refractivity contribution in [3.63, 3.8) is 0 Å². The Morgan fingerprint density at radius 3 is 2.31 bits per heavy atom. The number of rotatable bonds is 1. The molecule has 6 unspecified atom stereocenters. The van der Waals surface area contributed by atoms with Gasteiger partial charge in [-0.1, -0.05) is 13.8 Å². The SMILES string of the molecule is CC1CC(C2NC(C)NCC2C)C(C)CN1. The van der Waals surface area contributed by atoms with Gasteiger partial charge < -0.3 is 10.6 Å². The third-order valence-corrected chi connectivity index (χ3v) is 4.41. The lowest BCUT2D eigenvalue weighted by Crippen LogP contribution is -2.61. The summed E-state index contributed by atoms with van der Waals surface area (Å²) < 4.78 is 0. The van der Waals surface area contributed by atoms with E-state index in [1.54, 1.807) is 0 Å². The molecule has 0 radical (unpaired) electrons. The maximum atomic E-state index is 3.75. The maximum Gasteiger partial charge on any atom is 0.0544 e. The molecule has 0 aromatic carbocycles. The fourth-order valence-electron chi connectivity index (χ4n) is 3.31. The van der Waals surface area contributed by atoms with Gasteiger partial charge >= 0.3 is 0 Å².